The molecule has 0 aromatic heterocycles. The van der Waals surface area contributed by atoms with Crippen LogP contribution in [0.5, 0.6) is 0 Å². The standard InChI is InChI=1S/C15H19FN2/c1-10-4-2-3-5-14(10)18-9-11-6-7-12(16)8-13(11)15(18)17/h6-8,10,14,17H,2-5,9H2,1H3. The van der Waals surface area contributed by atoms with Crippen LogP contribution >= 0.6 is 0 Å². The minimum Gasteiger partial charge on any atom is -0.349 e. The van der Waals surface area contributed by atoms with Gasteiger partial charge in [-0.15, -0.1) is 0 Å². The van der Waals surface area contributed by atoms with E-state index in [-0.39, 0.29) is 5.82 Å². The molecule has 0 amide bonds. The minimum atomic E-state index is -0.239. The molecule has 0 saturated heterocycles. The van der Waals surface area contributed by atoms with Crippen molar-refractivity contribution in [2.24, 2.45) is 5.92 Å². The first kappa shape index (κ1) is 11.7. The predicted octanol–water partition coefficient (Wildman–Crippen LogP) is 3.55. The number of halogens is 1. The van der Waals surface area contributed by atoms with Crippen molar-refractivity contribution in [3.8, 4) is 0 Å². The molecular formula is C15H19FN2. The number of amidine groups is 1. The Morgan fingerprint density at radius 1 is 1.28 bits per heavy atom. The monoisotopic (exact) mass is 246 g/mol. The van der Waals surface area contributed by atoms with Crippen molar-refractivity contribution >= 4 is 5.84 Å². The summed E-state index contributed by atoms with van der Waals surface area (Å²) >= 11 is 0. The van der Waals surface area contributed by atoms with Crippen LogP contribution in [0.3, 0.4) is 0 Å². The molecule has 1 heterocycles. The summed E-state index contributed by atoms with van der Waals surface area (Å²) in [6.07, 6.45) is 4.98. The zero-order chi connectivity index (χ0) is 12.7. The lowest BCUT2D eigenvalue weighted by Gasteiger charge is -2.37. The summed E-state index contributed by atoms with van der Waals surface area (Å²) in [5.41, 5.74) is 1.88. The fraction of sp³-hybridized carbons (Fsp3) is 0.533. The minimum absolute atomic E-state index is 0.239. The summed E-state index contributed by atoms with van der Waals surface area (Å²) < 4.78 is 13.3. The molecule has 1 aliphatic heterocycles. The molecule has 1 fully saturated rings. The van der Waals surface area contributed by atoms with Gasteiger partial charge in [-0.2, -0.15) is 0 Å². The van der Waals surface area contributed by atoms with Gasteiger partial charge in [0.15, 0.2) is 0 Å². The first-order chi connectivity index (χ1) is 8.66. The predicted molar refractivity (Wildman–Crippen MR) is 70.2 cm³/mol. The Labute approximate surface area is 107 Å². The van der Waals surface area contributed by atoms with Gasteiger partial charge in [-0.25, -0.2) is 4.39 Å². The van der Waals surface area contributed by atoms with Crippen LogP contribution in [0.25, 0.3) is 0 Å². The molecule has 0 radical (unpaired) electrons. The Kier molecular flexibility index (Phi) is 2.84. The molecule has 1 N–H and O–H groups in total. The lowest BCUT2D eigenvalue weighted by molar-refractivity contribution is 0.180. The van der Waals surface area contributed by atoms with Crippen LogP contribution in [0.1, 0.15) is 43.7 Å². The molecule has 2 atom stereocenters. The average Bonchev–Trinajstić information content (AvgIpc) is 2.68. The molecule has 1 aromatic carbocycles. The van der Waals surface area contributed by atoms with E-state index in [1.165, 1.54) is 37.8 Å². The van der Waals surface area contributed by atoms with Crippen LogP contribution in [-0.4, -0.2) is 16.8 Å². The van der Waals surface area contributed by atoms with Crippen LogP contribution in [-0.2, 0) is 6.54 Å². The third kappa shape index (κ3) is 1.82. The third-order valence-electron chi connectivity index (χ3n) is 4.42. The van der Waals surface area contributed by atoms with Gasteiger partial charge in [0.1, 0.15) is 11.7 Å². The van der Waals surface area contributed by atoms with Gasteiger partial charge in [-0.3, -0.25) is 5.41 Å². The molecule has 2 nitrogen and oxygen atoms in total. The summed E-state index contributed by atoms with van der Waals surface area (Å²) in [6.45, 7) is 3.06. The Bertz CT molecular complexity index is 483. The van der Waals surface area contributed by atoms with E-state index in [2.05, 4.69) is 11.8 Å². The highest BCUT2D eigenvalue weighted by molar-refractivity contribution is 6.00. The van der Waals surface area contributed by atoms with Crippen LogP contribution < -0.4 is 0 Å². The second-order valence-electron chi connectivity index (χ2n) is 5.61. The van der Waals surface area contributed by atoms with E-state index in [1.54, 1.807) is 0 Å². The molecule has 1 aliphatic carbocycles. The van der Waals surface area contributed by atoms with Crippen molar-refractivity contribution in [1.29, 1.82) is 5.41 Å². The van der Waals surface area contributed by atoms with Gasteiger partial charge in [-0.05, 0) is 36.5 Å². The molecule has 0 bridgehead atoms. The maximum Gasteiger partial charge on any atom is 0.129 e. The summed E-state index contributed by atoms with van der Waals surface area (Å²) in [5, 5.41) is 8.27. The summed E-state index contributed by atoms with van der Waals surface area (Å²) in [4.78, 5) is 2.17. The van der Waals surface area contributed by atoms with E-state index >= 15 is 0 Å². The van der Waals surface area contributed by atoms with Crippen LogP contribution in [0.2, 0.25) is 0 Å². The summed E-state index contributed by atoms with van der Waals surface area (Å²) in [6, 6.07) is 5.29. The molecule has 1 saturated carbocycles. The van der Waals surface area contributed by atoms with Gasteiger partial charge >= 0.3 is 0 Å². The average molecular weight is 246 g/mol. The van der Waals surface area contributed by atoms with E-state index in [1.807, 2.05) is 6.07 Å². The van der Waals surface area contributed by atoms with Crippen LogP contribution in [0.4, 0.5) is 4.39 Å². The lowest BCUT2D eigenvalue weighted by Crippen LogP contribution is -2.41. The van der Waals surface area contributed by atoms with Gasteiger partial charge in [-0.1, -0.05) is 25.8 Å². The molecule has 2 unspecified atom stereocenters. The first-order valence-corrected chi connectivity index (χ1v) is 6.81. The van der Waals surface area contributed by atoms with Crippen molar-refractivity contribution in [2.45, 2.75) is 45.2 Å². The maximum absolute atomic E-state index is 13.3. The van der Waals surface area contributed by atoms with Crippen molar-refractivity contribution in [3.63, 3.8) is 0 Å². The van der Waals surface area contributed by atoms with E-state index in [4.69, 9.17) is 5.41 Å². The fourth-order valence-electron chi connectivity index (χ4n) is 3.37. The number of nitrogens with zero attached hydrogens (tertiary/aromatic N) is 1. The highest BCUT2D eigenvalue weighted by Gasteiger charge is 2.34. The van der Waals surface area contributed by atoms with Gasteiger partial charge in [0.2, 0.25) is 0 Å². The Morgan fingerprint density at radius 3 is 2.83 bits per heavy atom. The van der Waals surface area contributed by atoms with E-state index in [0.29, 0.717) is 17.8 Å². The SMILES string of the molecule is CC1CCCCC1N1Cc2ccc(F)cc2C1=N. The second-order valence-corrected chi connectivity index (χ2v) is 5.61. The number of rotatable bonds is 1. The van der Waals surface area contributed by atoms with Crippen molar-refractivity contribution in [2.75, 3.05) is 0 Å². The molecule has 1 aromatic rings. The van der Waals surface area contributed by atoms with Gasteiger partial charge in [0.25, 0.3) is 0 Å². The molecule has 3 heteroatoms. The van der Waals surface area contributed by atoms with Crippen LogP contribution in [0, 0.1) is 17.1 Å². The number of benzene rings is 1. The lowest BCUT2D eigenvalue weighted by atomic mass is 9.85. The van der Waals surface area contributed by atoms with Crippen molar-refractivity contribution in [3.05, 3.63) is 35.1 Å². The number of hydrogen-bond acceptors (Lipinski definition) is 1. The van der Waals surface area contributed by atoms with Gasteiger partial charge < -0.3 is 4.90 Å². The summed E-state index contributed by atoms with van der Waals surface area (Å²) in [5.74, 6) is 0.915. The number of hydrogen-bond donors (Lipinski definition) is 1. The first-order valence-electron chi connectivity index (χ1n) is 6.81. The van der Waals surface area contributed by atoms with Crippen LogP contribution in [0.15, 0.2) is 18.2 Å². The van der Waals surface area contributed by atoms with E-state index < -0.39 is 0 Å². The zero-order valence-electron chi connectivity index (χ0n) is 10.7. The largest absolute Gasteiger partial charge is 0.349 e. The molecule has 3 rings (SSSR count). The molecule has 18 heavy (non-hydrogen) atoms. The normalized spacial score (nSPS) is 27.4. The van der Waals surface area contributed by atoms with Crippen molar-refractivity contribution < 1.29 is 4.39 Å². The van der Waals surface area contributed by atoms with Crippen molar-refractivity contribution in [1.82, 2.24) is 4.90 Å². The van der Waals surface area contributed by atoms with Gasteiger partial charge in [0, 0.05) is 18.2 Å². The fourth-order valence-corrected chi connectivity index (χ4v) is 3.37. The Hall–Kier alpha value is -1.38. The quantitative estimate of drug-likeness (QED) is 0.806. The Balaban J connectivity index is 1.87. The molecule has 96 valence electrons. The number of nitrogens with one attached hydrogen (secondary N) is 1. The third-order valence-corrected chi connectivity index (χ3v) is 4.42. The van der Waals surface area contributed by atoms with E-state index in [0.717, 1.165) is 17.7 Å². The Morgan fingerprint density at radius 2 is 2.06 bits per heavy atom. The molecule has 0 spiro atoms. The highest BCUT2D eigenvalue weighted by atomic mass is 19.1. The second kappa shape index (κ2) is 4.38. The maximum atomic E-state index is 13.3. The van der Waals surface area contributed by atoms with E-state index in [9.17, 15) is 4.39 Å². The van der Waals surface area contributed by atoms with Gasteiger partial charge in [0.05, 0.1) is 0 Å². The topological polar surface area (TPSA) is 27.1 Å². The zero-order valence-corrected chi connectivity index (χ0v) is 10.7. The smallest absolute Gasteiger partial charge is 0.129 e. The molecular weight excluding hydrogens is 227 g/mol. The number of fused-ring (bicyclic) bond motifs is 1. The molecule has 2 aliphatic rings. The summed E-state index contributed by atoms with van der Waals surface area (Å²) in [7, 11) is 0. The highest BCUT2D eigenvalue weighted by Crippen LogP contribution is 2.34.